The number of hydrogen-bond donors (Lipinski definition) is 1. The molecule has 0 aromatic heterocycles. The van der Waals surface area contributed by atoms with Crippen molar-refractivity contribution in [2.75, 3.05) is 13.2 Å². The van der Waals surface area contributed by atoms with Crippen molar-refractivity contribution in [2.24, 2.45) is 5.92 Å². The molecule has 18 heavy (non-hydrogen) atoms. The summed E-state index contributed by atoms with van der Waals surface area (Å²) in [5.74, 6) is 1.48. The molecule has 0 aliphatic rings. The summed E-state index contributed by atoms with van der Waals surface area (Å²) >= 11 is 6.24. The van der Waals surface area contributed by atoms with Gasteiger partial charge in [-0.1, -0.05) is 44.9 Å². The molecule has 0 amide bonds. The Balaban J connectivity index is 2.67. The average Bonchev–Trinajstić information content (AvgIpc) is 2.38. The molecule has 0 saturated carbocycles. The zero-order valence-corrected chi connectivity index (χ0v) is 12.4. The Morgan fingerprint density at radius 2 is 2.11 bits per heavy atom. The van der Waals surface area contributed by atoms with Gasteiger partial charge < -0.3 is 10.1 Å². The number of benzene rings is 1. The van der Waals surface area contributed by atoms with E-state index in [0.29, 0.717) is 5.92 Å². The van der Waals surface area contributed by atoms with Crippen LogP contribution in [-0.4, -0.2) is 13.2 Å². The SMILES string of the molecule is CCCNCc1c(Cl)cccc1OCC(C)CC. The number of ether oxygens (including phenoxy) is 1. The van der Waals surface area contributed by atoms with Crippen LogP contribution in [0.4, 0.5) is 0 Å². The zero-order valence-electron chi connectivity index (χ0n) is 11.6. The normalized spacial score (nSPS) is 12.4. The Labute approximate surface area is 116 Å². The van der Waals surface area contributed by atoms with Crippen molar-refractivity contribution < 1.29 is 4.74 Å². The lowest BCUT2D eigenvalue weighted by Crippen LogP contribution is -2.16. The van der Waals surface area contributed by atoms with E-state index in [-0.39, 0.29) is 0 Å². The first kappa shape index (κ1) is 15.3. The van der Waals surface area contributed by atoms with Gasteiger partial charge in [0.15, 0.2) is 0 Å². The molecule has 1 aromatic rings. The van der Waals surface area contributed by atoms with Crippen molar-refractivity contribution in [2.45, 2.75) is 40.2 Å². The summed E-state index contributed by atoms with van der Waals surface area (Å²) in [5, 5.41) is 4.15. The van der Waals surface area contributed by atoms with Gasteiger partial charge in [-0.3, -0.25) is 0 Å². The molecule has 0 bridgehead atoms. The maximum Gasteiger partial charge on any atom is 0.125 e. The highest BCUT2D eigenvalue weighted by Crippen LogP contribution is 2.26. The highest BCUT2D eigenvalue weighted by Gasteiger charge is 2.09. The van der Waals surface area contributed by atoms with Crippen LogP contribution in [0, 0.1) is 5.92 Å². The third-order valence-electron chi connectivity index (χ3n) is 3.02. The molecule has 0 aliphatic carbocycles. The first-order chi connectivity index (χ1) is 8.69. The fourth-order valence-electron chi connectivity index (χ4n) is 1.59. The lowest BCUT2D eigenvalue weighted by Gasteiger charge is -2.16. The van der Waals surface area contributed by atoms with Crippen LogP contribution in [0.3, 0.4) is 0 Å². The van der Waals surface area contributed by atoms with Crippen LogP contribution in [0.15, 0.2) is 18.2 Å². The lowest BCUT2D eigenvalue weighted by molar-refractivity contribution is 0.254. The van der Waals surface area contributed by atoms with E-state index in [2.05, 4.69) is 26.1 Å². The van der Waals surface area contributed by atoms with Gasteiger partial charge in [0, 0.05) is 17.1 Å². The van der Waals surface area contributed by atoms with E-state index in [9.17, 15) is 0 Å². The van der Waals surface area contributed by atoms with Gasteiger partial charge in [-0.15, -0.1) is 0 Å². The number of nitrogens with one attached hydrogen (secondary N) is 1. The lowest BCUT2D eigenvalue weighted by atomic mass is 10.1. The second-order valence-corrected chi connectivity index (χ2v) is 5.12. The first-order valence-corrected chi connectivity index (χ1v) is 7.17. The maximum atomic E-state index is 6.24. The largest absolute Gasteiger partial charge is 0.493 e. The monoisotopic (exact) mass is 269 g/mol. The second kappa shape index (κ2) is 8.39. The van der Waals surface area contributed by atoms with Crippen LogP contribution >= 0.6 is 11.6 Å². The quantitative estimate of drug-likeness (QED) is 0.712. The van der Waals surface area contributed by atoms with E-state index in [1.807, 2.05) is 18.2 Å². The van der Waals surface area contributed by atoms with E-state index < -0.39 is 0 Å². The maximum absolute atomic E-state index is 6.24. The van der Waals surface area contributed by atoms with Gasteiger partial charge in [-0.2, -0.15) is 0 Å². The Bertz CT molecular complexity index is 354. The molecule has 1 unspecified atom stereocenters. The molecular formula is C15H24ClNO. The summed E-state index contributed by atoms with van der Waals surface area (Å²) in [7, 11) is 0. The third kappa shape index (κ3) is 4.87. The van der Waals surface area contributed by atoms with Gasteiger partial charge >= 0.3 is 0 Å². The van der Waals surface area contributed by atoms with Gasteiger partial charge in [0.1, 0.15) is 5.75 Å². The van der Waals surface area contributed by atoms with Crippen molar-refractivity contribution in [1.82, 2.24) is 5.32 Å². The molecule has 1 rings (SSSR count). The smallest absolute Gasteiger partial charge is 0.125 e. The van der Waals surface area contributed by atoms with E-state index in [1.165, 1.54) is 0 Å². The van der Waals surface area contributed by atoms with Crippen LogP contribution in [-0.2, 0) is 6.54 Å². The highest BCUT2D eigenvalue weighted by atomic mass is 35.5. The second-order valence-electron chi connectivity index (χ2n) is 4.72. The van der Waals surface area contributed by atoms with Crippen molar-refractivity contribution >= 4 is 11.6 Å². The number of rotatable bonds is 8. The van der Waals surface area contributed by atoms with Crippen LogP contribution in [0.25, 0.3) is 0 Å². The highest BCUT2D eigenvalue weighted by molar-refractivity contribution is 6.31. The Hall–Kier alpha value is -0.730. The summed E-state index contributed by atoms with van der Waals surface area (Å²) in [6.07, 6.45) is 2.25. The molecule has 0 fully saturated rings. The van der Waals surface area contributed by atoms with E-state index in [0.717, 1.165) is 48.9 Å². The summed E-state index contributed by atoms with van der Waals surface area (Å²) < 4.78 is 5.88. The van der Waals surface area contributed by atoms with Gasteiger partial charge in [-0.25, -0.2) is 0 Å². The van der Waals surface area contributed by atoms with Crippen molar-refractivity contribution in [3.8, 4) is 5.75 Å². The van der Waals surface area contributed by atoms with Gasteiger partial charge in [-0.05, 0) is 31.0 Å². The molecular weight excluding hydrogens is 246 g/mol. The van der Waals surface area contributed by atoms with Crippen LogP contribution in [0.5, 0.6) is 5.75 Å². The molecule has 1 aromatic carbocycles. The molecule has 1 atom stereocenters. The van der Waals surface area contributed by atoms with Gasteiger partial charge in [0.2, 0.25) is 0 Å². The summed E-state index contributed by atoms with van der Waals surface area (Å²) in [4.78, 5) is 0. The summed E-state index contributed by atoms with van der Waals surface area (Å²) in [6.45, 7) is 9.03. The fourth-order valence-corrected chi connectivity index (χ4v) is 1.82. The van der Waals surface area contributed by atoms with Gasteiger partial charge in [0.05, 0.1) is 6.61 Å². The Kier molecular flexibility index (Phi) is 7.14. The molecule has 2 nitrogen and oxygen atoms in total. The fraction of sp³-hybridized carbons (Fsp3) is 0.600. The Morgan fingerprint density at radius 1 is 1.33 bits per heavy atom. The molecule has 102 valence electrons. The summed E-state index contributed by atoms with van der Waals surface area (Å²) in [5.41, 5.74) is 1.07. The number of halogens is 1. The molecule has 3 heteroatoms. The van der Waals surface area contributed by atoms with Crippen molar-refractivity contribution in [3.05, 3.63) is 28.8 Å². The van der Waals surface area contributed by atoms with Gasteiger partial charge in [0.25, 0.3) is 0 Å². The average molecular weight is 270 g/mol. The predicted octanol–water partition coefficient (Wildman–Crippen LogP) is 4.26. The van der Waals surface area contributed by atoms with Crippen molar-refractivity contribution in [3.63, 3.8) is 0 Å². The van der Waals surface area contributed by atoms with E-state index in [1.54, 1.807) is 0 Å². The topological polar surface area (TPSA) is 21.3 Å². The Morgan fingerprint density at radius 3 is 2.78 bits per heavy atom. The zero-order chi connectivity index (χ0) is 13.4. The van der Waals surface area contributed by atoms with Crippen LogP contribution in [0.2, 0.25) is 5.02 Å². The minimum absolute atomic E-state index is 0.570. The molecule has 0 heterocycles. The minimum Gasteiger partial charge on any atom is -0.493 e. The summed E-state index contributed by atoms with van der Waals surface area (Å²) in [6, 6.07) is 5.86. The number of hydrogen-bond acceptors (Lipinski definition) is 2. The van der Waals surface area contributed by atoms with Crippen molar-refractivity contribution in [1.29, 1.82) is 0 Å². The molecule has 0 saturated heterocycles. The molecule has 0 radical (unpaired) electrons. The molecule has 0 aliphatic heterocycles. The van der Waals surface area contributed by atoms with E-state index in [4.69, 9.17) is 16.3 Å². The third-order valence-corrected chi connectivity index (χ3v) is 3.38. The first-order valence-electron chi connectivity index (χ1n) is 6.79. The minimum atomic E-state index is 0.570. The molecule has 1 N–H and O–H groups in total. The van der Waals surface area contributed by atoms with Crippen LogP contribution in [0.1, 0.15) is 39.2 Å². The standard InChI is InChI=1S/C15H24ClNO/c1-4-9-17-10-13-14(16)7-6-8-15(13)18-11-12(3)5-2/h6-8,12,17H,4-5,9-11H2,1-3H3. The van der Waals surface area contributed by atoms with Crippen LogP contribution < -0.4 is 10.1 Å². The predicted molar refractivity (Wildman–Crippen MR) is 78.4 cm³/mol. The van der Waals surface area contributed by atoms with E-state index >= 15 is 0 Å². The molecule has 0 spiro atoms.